The Labute approximate surface area is 173 Å². The maximum atomic E-state index is 13.2. The molecule has 9 heteroatoms. The van der Waals surface area contributed by atoms with E-state index in [-0.39, 0.29) is 10.6 Å². The molecule has 0 saturated carbocycles. The highest BCUT2D eigenvalue weighted by Gasteiger charge is 2.33. The van der Waals surface area contributed by atoms with Crippen LogP contribution in [0.3, 0.4) is 0 Å². The molecule has 3 aromatic rings. The van der Waals surface area contributed by atoms with Crippen molar-refractivity contribution < 1.29 is 22.0 Å². The Hall–Kier alpha value is -2.58. The van der Waals surface area contributed by atoms with Gasteiger partial charge in [0, 0.05) is 23.0 Å². The third kappa shape index (κ3) is 4.71. The molecule has 0 bridgehead atoms. The molecule has 0 aliphatic carbocycles. The molecule has 150 valence electrons. The van der Waals surface area contributed by atoms with E-state index < -0.39 is 28.9 Å². The molecule has 0 atom stereocenters. The van der Waals surface area contributed by atoms with Crippen molar-refractivity contribution >= 4 is 34.5 Å². The van der Waals surface area contributed by atoms with Gasteiger partial charge in [-0.05, 0) is 35.9 Å². The number of para-hydroxylation sites is 1. The number of halogens is 6. The zero-order valence-electron chi connectivity index (χ0n) is 14.5. The number of rotatable bonds is 4. The predicted molar refractivity (Wildman–Crippen MR) is 106 cm³/mol. The molecule has 0 radical (unpaired) electrons. The Morgan fingerprint density at radius 1 is 1.03 bits per heavy atom. The minimum absolute atomic E-state index is 0.0128. The van der Waals surface area contributed by atoms with Gasteiger partial charge in [0.25, 0.3) is 6.43 Å². The number of aromatic nitrogens is 1. The number of nitrogens with one attached hydrogen (secondary N) is 1. The summed E-state index contributed by atoms with van der Waals surface area (Å²) in [7, 11) is 0. The lowest BCUT2D eigenvalue weighted by Gasteiger charge is -2.16. The molecule has 0 aliphatic rings. The summed E-state index contributed by atoms with van der Waals surface area (Å²) in [4.78, 5) is 3.68. The average molecular weight is 443 g/mol. The highest BCUT2D eigenvalue weighted by molar-refractivity contribution is 7.81. The van der Waals surface area contributed by atoms with Gasteiger partial charge in [0.2, 0.25) is 0 Å². The number of pyridine rings is 1. The van der Waals surface area contributed by atoms with E-state index in [0.717, 1.165) is 6.07 Å². The van der Waals surface area contributed by atoms with Crippen molar-refractivity contribution in [2.75, 3.05) is 5.32 Å². The Balaban J connectivity index is 1.97. The van der Waals surface area contributed by atoms with E-state index in [2.05, 4.69) is 10.3 Å². The Morgan fingerprint density at radius 3 is 2.41 bits per heavy atom. The van der Waals surface area contributed by atoms with Crippen LogP contribution in [0.5, 0.6) is 0 Å². The second-order valence-electron chi connectivity index (χ2n) is 5.93. The largest absolute Gasteiger partial charge is 0.417 e. The quantitative estimate of drug-likeness (QED) is 0.343. The number of anilines is 1. The molecule has 0 amide bonds. The number of thiocarbonyl (C=S) groups is 1. The minimum Gasteiger partial charge on any atom is -0.346 e. The van der Waals surface area contributed by atoms with Crippen LogP contribution in [0, 0.1) is 0 Å². The molecule has 0 fully saturated rings. The summed E-state index contributed by atoms with van der Waals surface area (Å²) < 4.78 is 65.2. The first-order chi connectivity index (χ1) is 13.7. The second kappa shape index (κ2) is 8.42. The molecular formula is C20H12ClF5N2S. The highest BCUT2D eigenvalue weighted by atomic mass is 35.5. The molecule has 2 nitrogen and oxygen atoms in total. The fraction of sp³-hybridized carbons (Fsp3) is 0.100. The van der Waals surface area contributed by atoms with Gasteiger partial charge in [0.1, 0.15) is 10.7 Å². The first-order valence-corrected chi connectivity index (χ1v) is 8.97. The highest BCUT2D eigenvalue weighted by Crippen LogP contribution is 2.38. The predicted octanol–water partition coefficient (Wildman–Crippen LogP) is 7.15. The smallest absolute Gasteiger partial charge is 0.346 e. The van der Waals surface area contributed by atoms with Gasteiger partial charge in [-0.1, -0.05) is 48.1 Å². The molecule has 0 saturated heterocycles. The van der Waals surface area contributed by atoms with Crippen LogP contribution in [0.4, 0.5) is 27.6 Å². The Kier molecular flexibility index (Phi) is 6.14. The van der Waals surface area contributed by atoms with E-state index in [1.807, 2.05) is 0 Å². The number of hydrogen-bond acceptors (Lipinski definition) is 2. The number of alkyl halides is 5. The van der Waals surface area contributed by atoms with E-state index in [1.54, 1.807) is 24.3 Å². The van der Waals surface area contributed by atoms with Crippen molar-refractivity contribution in [3.63, 3.8) is 0 Å². The minimum atomic E-state index is -4.57. The van der Waals surface area contributed by atoms with E-state index in [9.17, 15) is 22.0 Å². The third-order valence-corrected chi connectivity index (χ3v) is 4.69. The van der Waals surface area contributed by atoms with Crippen molar-refractivity contribution in [2.45, 2.75) is 12.6 Å². The van der Waals surface area contributed by atoms with E-state index in [1.165, 1.54) is 30.5 Å². The van der Waals surface area contributed by atoms with Crippen LogP contribution in [0.1, 0.15) is 23.2 Å². The maximum absolute atomic E-state index is 13.2. The monoisotopic (exact) mass is 442 g/mol. The molecule has 2 aromatic carbocycles. The maximum Gasteiger partial charge on any atom is 0.417 e. The van der Waals surface area contributed by atoms with Crippen LogP contribution in [-0.2, 0) is 6.18 Å². The van der Waals surface area contributed by atoms with Gasteiger partial charge in [-0.2, -0.15) is 13.2 Å². The topological polar surface area (TPSA) is 24.9 Å². The van der Waals surface area contributed by atoms with Crippen LogP contribution in [0.15, 0.2) is 60.8 Å². The van der Waals surface area contributed by atoms with Gasteiger partial charge in [-0.25, -0.2) is 8.78 Å². The van der Waals surface area contributed by atoms with Gasteiger partial charge < -0.3 is 5.32 Å². The SMILES string of the molecule is FC(F)c1ncccc1C(=S)Nc1ccccc1-c1ccc(C(F)(F)F)c(Cl)c1. The number of benzene rings is 2. The van der Waals surface area contributed by atoms with Crippen LogP contribution < -0.4 is 5.32 Å². The standard InChI is InChI=1S/C20H12ClF5N2S/c21-15-10-11(7-8-14(15)20(24,25)26)12-4-1-2-6-16(12)28-19(29)13-5-3-9-27-17(13)18(22)23/h1-10,18H,(H,28,29). The molecule has 29 heavy (non-hydrogen) atoms. The summed E-state index contributed by atoms with van der Waals surface area (Å²) in [6.07, 6.45) is -6.14. The molecule has 1 heterocycles. The van der Waals surface area contributed by atoms with Crippen molar-refractivity contribution in [2.24, 2.45) is 0 Å². The first-order valence-electron chi connectivity index (χ1n) is 8.19. The Bertz CT molecular complexity index is 1050. The van der Waals surface area contributed by atoms with Crippen molar-refractivity contribution in [3.05, 3.63) is 82.6 Å². The summed E-state index contributed by atoms with van der Waals surface area (Å²) in [5.74, 6) is 0. The van der Waals surface area contributed by atoms with Gasteiger partial charge in [-0.15, -0.1) is 0 Å². The van der Waals surface area contributed by atoms with Gasteiger partial charge >= 0.3 is 6.18 Å². The molecular weight excluding hydrogens is 431 g/mol. The van der Waals surface area contributed by atoms with E-state index in [0.29, 0.717) is 16.8 Å². The van der Waals surface area contributed by atoms with Gasteiger partial charge in [-0.3, -0.25) is 4.98 Å². The number of hydrogen-bond donors (Lipinski definition) is 1. The molecule has 0 spiro atoms. The lowest BCUT2D eigenvalue weighted by atomic mass is 10.0. The summed E-state index contributed by atoms with van der Waals surface area (Å²) in [6, 6.07) is 12.9. The van der Waals surface area contributed by atoms with E-state index >= 15 is 0 Å². The van der Waals surface area contributed by atoms with Crippen molar-refractivity contribution in [3.8, 4) is 11.1 Å². The van der Waals surface area contributed by atoms with Gasteiger partial charge in [0.05, 0.1) is 10.6 Å². The summed E-state index contributed by atoms with van der Waals surface area (Å²) in [5.41, 5.74) is 0.0122. The lowest BCUT2D eigenvalue weighted by molar-refractivity contribution is -0.137. The van der Waals surface area contributed by atoms with Crippen LogP contribution >= 0.6 is 23.8 Å². The van der Waals surface area contributed by atoms with Crippen LogP contribution in [-0.4, -0.2) is 9.97 Å². The van der Waals surface area contributed by atoms with E-state index in [4.69, 9.17) is 23.8 Å². The molecule has 3 rings (SSSR count). The average Bonchev–Trinajstić information content (AvgIpc) is 2.67. The zero-order valence-corrected chi connectivity index (χ0v) is 16.0. The third-order valence-electron chi connectivity index (χ3n) is 4.05. The first kappa shape index (κ1) is 21.1. The lowest BCUT2D eigenvalue weighted by Crippen LogP contribution is -2.14. The molecule has 0 unspecified atom stereocenters. The van der Waals surface area contributed by atoms with Gasteiger partial charge in [0.15, 0.2) is 0 Å². The molecule has 1 aromatic heterocycles. The summed E-state index contributed by atoms with van der Waals surface area (Å²) in [6.45, 7) is 0. The Morgan fingerprint density at radius 2 is 1.76 bits per heavy atom. The summed E-state index contributed by atoms with van der Waals surface area (Å²) in [5, 5.41) is 2.43. The number of nitrogens with zero attached hydrogens (tertiary/aromatic N) is 1. The fourth-order valence-electron chi connectivity index (χ4n) is 2.73. The van der Waals surface area contributed by atoms with Crippen molar-refractivity contribution in [1.82, 2.24) is 4.98 Å². The molecule has 1 N–H and O–H groups in total. The van der Waals surface area contributed by atoms with Crippen LogP contribution in [0.25, 0.3) is 11.1 Å². The zero-order chi connectivity index (χ0) is 21.2. The van der Waals surface area contributed by atoms with Crippen molar-refractivity contribution in [1.29, 1.82) is 0 Å². The molecule has 0 aliphatic heterocycles. The fourth-order valence-corrected chi connectivity index (χ4v) is 3.30. The summed E-state index contributed by atoms with van der Waals surface area (Å²) >= 11 is 11.1. The second-order valence-corrected chi connectivity index (χ2v) is 6.74. The normalized spacial score (nSPS) is 11.6. The van der Waals surface area contributed by atoms with Crippen LogP contribution in [0.2, 0.25) is 5.02 Å².